The lowest BCUT2D eigenvalue weighted by molar-refractivity contribution is 1.15. The summed E-state index contributed by atoms with van der Waals surface area (Å²) in [6, 6.07) is 15.8. The van der Waals surface area contributed by atoms with Gasteiger partial charge < -0.3 is 0 Å². The van der Waals surface area contributed by atoms with Crippen LogP contribution < -0.4 is 0 Å². The molecular weight excluding hydrogens is 290 g/mol. The maximum absolute atomic E-state index is 9.33. The first-order valence-corrected chi connectivity index (χ1v) is 6.22. The van der Waals surface area contributed by atoms with E-state index in [9.17, 15) is 5.26 Å². The molecule has 0 aliphatic rings. The van der Waals surface area contributed by atoms with Crippen LogP contribution in [0.1, 0.15) is 5.69 Å². The van der Waals surface area contributed by atoms with Crippen molar-refractivity contribution in [3.05, 3.63) is 58.8 Å². The second-order valence-corrected chi connectivity index (χ2v) is 4.69. The van der Waals surface area contributed by atoms with Gasteiger partial charge in [0, 0.05) is 11.8 Å². The molecule has 0 fully saturated rings. The van der Waals surface area contributed by atoms with Crippen LogP contribution >= 0.6 is 15.9 Å². The highest BCUT2D eigenvalue weighted by Crippen LogP contribution is 2.26. The van der Waals surface area contributed by atoms with E-state index in [0.717, 1.165) is 15.7 Å². The first kappa shape index (κ1) is 11.0. The molecule has 0 aliphatic heterocycles. The molecule has 3 aromatic rings. The van der Waals surface area contributed by atoms with Crippen LogP contribution in [0.3, 0.4) is 0 Å². The summed E-state index contributed by atoms with van der Waals surface area (Å²) in [5, 5.41) is 9.33. The summed E-state index contributed by atoms with van der Waals surface area (Å²) >= 11 is 3.45. The van der Waals surface area contributed by atoms with Crippen molar-refractivity contribution in [3.63, 3.8) is 0 Å². The van der Waals surface area contributed by atoms with Crippen molar-refractivity contribution in [2.45, 2.75) is 0 Å². The fraction of sp³-hybridized carbons (Fsp3) is 0. The molecule has 0 radical (unpaired) electrons. The number of nitriles is 1. The minimum absolute atomic E-state index is 0.553. The molecule has 3 rings (SSSR count). The van der Waals surface area contributed by atoms with E-state index in [-0.39, 0.29) is 0 Å². The van der Waals surface area contributed by atoms with Gasteiger partial charge in [-0.3, -0.25) is 4.40 Å². The predicted octanol–water partition coefficient (Wildman–Crippen LogP) is 3.64. The van der Waals surface area contributed by atoms with Gasteiger partial charge in [-0.05, 0) is 28.1 Å². The summed E-state index contributed by atoms with van der Waals surface area (Å²) in [4.78, 5) is 4.55. The number of pyridine rings is 1. The lowest BCUT2D eigenvalue weighted by atomic mass is 10.1. The summed E-state index contributed by atoms with van der Waals surface area (Å²) in [5.41, 5.74) is 2.97. The van der Waals surface area contributed by atoms with Crippen LogP contribution in [-0.4, -0.2) is 9.38 Å². The average Bonchev–Trinajstić information content (AvgIpc) is 2.80. The van der Waals surface area contributed by atoms with E-state index in [1.54, 1.807) is 4.40 Å². The molecular formula is C14H8BrN3. The maximum atomic E-state index is 9.33. The number of fused-ring (bicyclic) bond motifs is 1. The molecule has 0 saturated heterocycles. The van der Waals surface area contributed by atoms with Gasteiger partial charge in [-0.25, -0.2) is 4.98 Å². The highest BCUT2D eigenvalue weighted by molar-refractivity contribution is 9.10. The quantitative estimate of drug-likeness (QED) is 0.688. The zero-order valence-corrected chi connectivity index (χ0v) is 10.9. The van der Waals surface area contributed by atoms with Crippen LogP contribution in [-0.2, 0) is 0 Å². The van der Waals surface area contributed by atoms with E-state index in [2.05, 4.69) is 27.0 Å². The second-order valence-electron chi connectivity index (χ2n) is 3.84. The fourth-order valence-corrected chi connectivity index (χ4v) is 2.37. The summed E-state index contributed by atoms with van der Waals surface area (Å²) in [5.74, 6) is 0. The summed E-state index contributed by atoms with van der Waals surface area (Å²) in [7, 11) is 0. The molecule has 86 valence electrons. The largest absolute Gasteiger partial charge is 0.290 e. The third kappa shape index (κ3) is 1.60. The molecule has 2 aromatic heterocycles. The average molecular weight is 298 g/mol. The van der Waals surface area contributed by atoms with Crippen molar-refractivity contribution in [1.29, 1.82) is 5.26 Å². The molecule has 1 aromatic carbocycles. The Morgan fingerprint density at radius 2 is 1.89 bits per heavy atom. The van der Waals surface area contributed by atoms with Gasteiger partial charge in [-0.2, -0.15) is 5.26 Å². The van der Waals surface area contributed by atoms with Crippen molar-refractivity contribution in [1.82, 2.24) is 9.38 Å². The molecule has 0 aliphatic carbocycles. The normalized spacial score (nSPS) is 10.4. The number of aromatic nitrogens is 2. The number of hydrogen-bond acceptors (Lipinski definition) is 2. The maximum Gasteiger partial charge on any atom is 0.152 e. The topological polar surface area (TPSA) is 41.1 Å². The first-order chi connectivity index (χ1) is 8.81. The Hall–Kier alpha value is -2.12. The van der Waals surface area contributed by atoms with Gasteiger partial charge in [0.15, 0.2) is 11.3 Å². The van der Waals surface area contributed by atoms with Crippen molar-refractivity contribution in [3.8, 4) is 17.3 Å². The third-order valence-electron chi connectivity index (χ3n) is 2.76. The molecule has 0 atom stereocenters. The number of nitrogens with zero attached hydrogens (tertiary/aromatic N) is 3. The Balaban J connectivity index is 2.38. The number of rotatable bonds is 1. The molecule has 0 unspecified atom stereocenters. The minimum atomic E-state index is 0.553. The van der Waals surface area contributed by atoms with Crippen LogP contribution in [0.4, 0.5) is 0 Å². The van der Waals surface area contributed by atoms with E-state index in [0.29, 0.717) is 11.4 Å². The summed E-state index contributed by atoms with van der Waals surface area (Å²) in [6.07, 6.45) is 1.85. The summed E-state index contributed by atoms with van der Waals surface area (Å²) in [6.45, 7) is 0. The molecule has 3 nitrogen and oxygen atoms in total. The lowest BCUT2D eigenvalue weighted by Crippen LogP contribution is -1.88. The van der Waals surface area contributed by atoms with Gasteiger partial charge in [0.05, 0.1) is 4.47 Å². The van der Waals surface area contributed by atoms with Crippen molar-refractivity contribution < 1.29 is 0 Å². The SMILES string of the molecule is N#Cc1c(-c2ccccc2)nc2c(Br)cccn12. The standard InChI is InChI=1S/C14H8BrN3/c15-11-7-4-8-18-12(9-16)13(17-14(11)18)10-5-2-1-3-6-10/h1-8H. The molecule has 0 spiro atoms. The van der Waals surface area contributed by atoms with Gasteiger partial charge in [-0.1, -0.05) is 30.3 Å². The van der Waals surface area contributed by atoms with Gasteiger partial charge in [-0.15, -0.1) is 0 Å². The molecule has 0 amide bonds. The van der Waals surface area contributed by atoms with E-state index in [1.807, 2.05) is 48.7 Å². The predicted molar refractivity (Wildman–Crippen MR) is 73.0 cm³/mol. The van der Waals surface area contributed by atoms with Gasteiger partial charge in [0.2, 0.25) is 0 Å². The number of benzene rings is 1. The highest BCUT2D eigenvalue weighted by Gasteiger charge is 2.14. The Kier molecular flexibility index (Phi) is 2.62. The monoisotopic (exact) mass is 297 g/mol. The van der Waals surface area contributed by atoms with Crippen LogP contribution in [0.25, 0.3) is 16.9 Å². The van der Waals surface area contributed by atoms with Crippen LogP contribution in [0.2, 0.25) is 0 Å². The van der Waals surface area contributed by atoms with Crippen LogP contribution in [0.15, 0.2) is 53.1 Å². The van der Waals surface area contributed by atoms with Crippen molar-refractivity contribution in [2.24, 2.45) is 0 Å². The van der Waals surface area contributed by atoms with Gasteiger partial charge >= 0.3 is 0 Å². The Morgan fingerprint density at radius 3 is 2.61 bits per heavy atom. The van der Waals surface area contributed by atoms with Gasteiger partial charge in [0.1, 0.15) is 11.8 Å². The molecule has 0 bridgehead atoms. The molecule has 0 N–H and O–H groups in total. The molecule has 2 heterocycles. The molecule has 18 heavy (non-hydrogen) atoms. The third-order valence-corrected chi connectivity index (χ3v) is 3.37. The lowest BCUT2D eigenvalue weighted by Gasteiger charge is -1.96. The Morgan fingerprint density at radius 1 is 1.11 bits per heavy atom. The van der Waals surface area contributed by atoms with E-state index < -0.39 is 0 Å². The van der Waals surface area contributed by atoms with E-state index in [4.69, 9.17) is 0 Å². The molecule has 4 heteroatoms. The Labute approximate surface area is 112 Å². The van der Waals surface area contributed by atoms with E-state index >= 15 is 0 Å². The van der Waals surface area contributed by atoms with Crippen LogP contribution in [0, 0.1) is 11.3 Å². The number of halogens is 1. The number of hydrogen-bond donors (Lipinski definition) is 0. The molecule has 0 saturated carbocycles. The highest BCUT2D eigenvalue weighted by atomic mass is 79.9. The second kappa shape index (κ2) is 4.28. The van der Waals surface area contributed by atoms with Crippen molar-refractivity contribution >= 4 is 21.6 Å². The van der Waals surface area contributed by atoms with E-state index in [1.165, 1.54) is 0 Å². The smallest absolute Gasteiger partial charge is 0.152 e. The Bertz CT molecular complexity index is 754. The number of imidazole rings is 1. The zero-order valence-electron chi connectivity index (χ0n) is 9.34. The first-order valence-electron chi connectivity index (χ1n) is 5.43. The minimum Gasteiger partial charge on any atom is -0.290 e. The van der Waals surface area contributed by atoms with Crippen LogP contribution in [0.5, 0.6) is 0 Å². The summed E-state index contributed by atoms with van der Waals surface area (Å²) < 4.78 is 2.68. The fourth-order valence-electron chi connectivity index (χ4n) is 1.94. The van der Waals surface area contributed by atoms with Gasteiger partial charge in [0.25, 0.3) is 0 Å². The van der Waals surface area contributed by atoms with Crippen molar-refractivity contribution in [2.75, 3.05) is 0 Å². The zero-order chi connectivity index (χ0) is 12.5.